The number of hydrogen-bond donors (Lipinski definition) is 2. The highest BCUT2D eigenvalue weighted by atomic mass is 79.9. The number of hydrogen-bond acceptors (Lipinski definition) is 2. The largest absolute Gasteiger partial charge is 0.315 e. The average Bonchev–Trinajstić information content (AvgIpc) is 2.27. The Morgan fingerprint density at radius 3 is 2.59 bits per heavy atom. The fraction of sp³-hybridized carbons (Fsp3) is 0.538. The van der Waals surface area contributed by atoms with E-state index in [-0.39, 0.29) is 5.82 Å². The van der Waals surface area contributed by atoms with Gasteiger partial charge >= 0.3 is 0 Å². The molecule has 0 aliphatic carbocycles. The van der Waals surface area contributed by atoms with Crippen LogP contribution in [0.2, 0.25) is 0 Å². The summed E-state index contributed by atoms with van der Waals surface area (Å²) in [5.41, 5.74) is 0.967. The van der Waals surface area contributed by atoms with Crippen LogP contribution in [0.5, 0.6) is 0 Å². The van der Waals surface area contributed by atoms with E-state index in [1.807, 2.05) is 6.07 Å². The molecular formula is C13H20BrFN2. The molecular weight excluding hydrogens is 283 g/mol. The molecule has 0 bridgehead atoms. The van der Waals surface area contributed by atoms with Gasteiger partial charge in [-0.05, 0) is 46.1 Å². The first kappa shape index (κ1) is 14.6. The lowest BCUT2D eigenvalue weighted by atomic mass is 10.2. The third kappa shape index (κ3) is 6.15. The number of benzene rings is 1. The summed E-state index contributed by atoms with van der Waals surface area (Å²) >= 11 is 3.14. The highest BCUT2D eigenvalue weighted by molar-refractivity contribution is 9.10. The molecule has 17 heavy (non-hydrogen) atoms. The van der Waals surface area contributed by atoms with Crippen molar-refractivity contribution in [3.05, 3.63) is 34.1 Å². The van der Waals surface area contributed by atoms with Crippen molar-refractivity contribution in [3.63, 3.8) is 0 Å². The standard InChI is InChI=1S/C13H20BrFN2/c1-10(2)8-16-5-6-17-9-11-3-4-12(14)13(15)7-11/h3-4,7,10,16-17H,5-6,8-9H2,1-2H3. The van der Waals surface area contributed by atoms with Crippen molar-refractivity contribution in [3.8, 4) is 0 Å². The molecule has 0 saturated heterocycles. The third-order valence-electron chi connectivity index (χ3n) is 2.34. The topological polar surface area (TPSA) is 24.1 Å². The van der Waals surface area contributed by atoms with E-state index in [2.05, 4.69) is 40.4 Å². The maximum Gasteiger partial charge on any atom is 0.137 e. The first-order chi connectivity index (χ1) is 8.09. The Bertz CT molecular complexity index is 342. The number of nitrogens with one attached hydrogen (secondary N) is 2. The molecule has 1 aromatic carbocycles. The van der Waals surface area contributed by atoms with Crippen molar-refractivity contribution < 1.29 is 4.39 Å². The quantitative estimate of drug-likeness (QED) is 0.757. The van der Waals surface area contributed by atoms with E-state index >= 15 is 0 Å². The smallest absolute Gasteiger partial charge is 0.137 e. The van der Waals surface area contributed by atoms with Crippen molar-refractivity contribution in [2.75, 3.05) is 19.6 Å². The van der Waals surface area contributed by atoms with Gasteiger partial charge < -0.3 is 10.6 Å². The van der Waals surface area contributed by atoms with Crippen molar-refractivity contribution in [1.29, 1.82) is 0 Å². The second-order valence-corrected chi connectivity index (χ2v) is 5.38. The lowest BCUT2D eigenvalue weighted by molar-refractivity contribution is 0.534. The molecule has 1 rings (SSSR count). The molecule has 4 heteroatoms. The molecule has 96 valence electrons. The molecule has 2 nitrogen and oxygen atoms in total. The zero-order valence-corrected chi connectivity index (χ0v) is 12.0. The number of halogens is 2. The Hall–Kier alpha value is -0.450. The summed E-state index contributed by atoms with van der Waals surface area (Å²) in [6.45, 7) is 7.94. The van der Waals surface area contributed by atoms with Crippen LogP contribution in [0.4, 0.5) is 4.39 Å². The predicted molar refractivity (Wildman–Crippen MR) is 73.5 cm³/mol. The molecule has 0 unspecified atom stereocenters. The molecule has 2 N–H and O–H groups in total. The second-order valence-electron chi connectivity index (χ2n) is 4.52. The fourth-order valence-electron chi connectivity index (χ4n) is 1.45. The lowest BCUT2D eigenvalue weighted by Crippen LogP contribution is -2.29. The van der Waals surface area contributed by atoms with E-state index in [0.29, 0.717) is 16.9 Å². The van der Waals surface area contributed by atoms with Gasteiger partial charge in [-0.1, -0.05) is 19.9 Å². The Balaban J connectivity index is 2.16. The van der Waals surface area contributed by atoms with Crippen molar-refractivity contribution >= 4 is 15.9 Å². The third-order valence-corrected chi connectivity index (χ3v) is 2.99. The predicted octanol–water partition coefficient (Wildman–Crippen LogP) is 2.92. The highest BCUT2D eigenvalue weighted by Gasteiger charge is 2.00. The van der Waals surface area contributed by atoms with E-state index in [9.17, 15) is 4.39 Å². The minimum absolute atomic E-state index is 0.206. The molecule has 1 aromatic rings. The van der Waals surface area contributed by atoms with Crippen LogP contribution in [-0.4, -0.2) is 19.6 Å². The maximum absolute atomic E-state index is 13.2. The zero-order chi connectivity index (χ0) is 12.7. The first-order valence-electron chi connectivity index (χ1n) is 5.95. The van der Waals surface area contributed by atoms with Gasteiger partial charge in [0, 0.05) is 19.6 Å². The molecule has 0 aromatic heterocycles. The maximum atomic E-state index is 13.2. The SMILES string of the molecule is CC(C)CNCCNCc1ccc(Br)c(F)c1. The summed E-state index contributed by atoms with van der Waals surface area (Å²) in [4.78, 5) is 0. The average molecular weight is 303 g/mol. The van der Waals surface area contributed by atoms with E-state index in [4.69, 9.17) is 0 Å². The summed E-state index contributed by atoms with van der Waals surface area (Å²) in [5, 5.41) is 6.63. The van der Waals surface area contributed by atoms with Crippen LogP contribution in [0, 0.1) is 11.7 Å². The van der Waals surface area contributed by atoms with Crippen LogP contribution in [0.3, 0.4) is 0 Å². The molecule has 0 spiro atoms. The number of rotatable bonds is 7. The van der Waals surface area contributed by atoms with Gasteiger partial charge in [0.2, 0.25) is 0 Å². The van der Waals surface area contributed by atoms with Crippen LogP contribution in [0.25, 0.3) is 0 Å². The molecule has 0 aliphatic rings. The summed E-state index contributed by atoms with van der Waals surface area (Å²) in [5.74, 6) is 0.470. The summed E-state index contributed by atoms with van der Waals surface area (Å²) in [6.07, 6.45) is 0. The van der Waals surface area contributed by atoms with Crippen molar-refractivity contribution in [1.82, 2.24) is 10.6 Å². The summed E-state index contributed by atoms with van der Waals surface area (Å²) in [7, 11) is 0. The monoisotopic (exact) mass is 302 g/mol. The Labute approximate surface area is 111 Å². The molecule has 0 radical (unpaired) electrons. The fourth-order valence-corrected chi connectivity index (χ4v) is 1.70. The Morgan fingerprint density at radius 1 is 1.24 bits per heavy atom. The van der Waals surface area contributed by atoms with Gasteiger partial charge in [0.1, 0.15) is 5.82 Å². The normalized spacial score (nSPS) is 11.1. The molecule has 0 aliphatic heterocycles. The Morgan fingerprint density at radius 2 is 1.94 bits per heavy atom. The van der Waals surface area contributed by atoms with Crippen LogP contribution < -0.4 is 10.6 Å². The van der Waals surface area contributed by atoms with Crippen molar-refractivity contribution in [2.45, 2.75) is 20.4 Å². The molecule has 0 heterocycles. The second kappa shape index (κ2) is 7.80. The van der Waals surface area contributed by atoms with Gasteiger partial charge in [-0.2, -0.15) is 0 Å². The van der Waals surface area contributed by atoms with Crippen LogP contribution >= 0.6 is 15.9 Å². The van der Waals surface area contributed by atoms with Gasteiger partial charge in [0.25, 0.3) is 0 Å². The van der Waals surface area contributed by atoms with E-state index in [0.717, 1.165) is 25.2 Å². The van der Waals surface area contributed by atoms with Crippen molar-refractivity contribution in [2.24, 2.45) is 5.92 Å². The Kier molecular flexibility index (Phi) is 6.70. The van der Waals surface area contributed by atoms with Crippen LogP contribution in [0.1, 0.15) is 19.4 Å². The van der Waals surface area contributed by atoms with Gasteiger partial charge in [-0.3, -0.25) is 0 Å². The molecule has 0 fully saturated rings. The summed E-state index contributed by atoms with van der Waals surface area (Å²) in [6, 6.07) is 5.21. The van der Waals surface area contributed by atoms with Gasteiger partial charge in [0.15, 0.2) is 0 Å². The van der Waals surface area contributed by atoms with Gasteiger partial charge in [-0.15, -0.1) is 0 Å². The lowest BCUT2D eigenvalue weighted by Gasteiger charge is -2.08. The van der Waals surface area contributed by atoms with Crippen LogP contribution in [0.15, 0.2) is 22.7 Å². The van der Waals surface area contributed by atoms with E-state index < -0.39 is 0 Å². The molecule has 0 amide bonds. The molecule has 0 saturated carbocycles. The van der Waals surface area contributed by atoms with E-state index in [1.54, 1.807) is 12.1 Å². The minimum atomic E-state index is -0.206. The van der Waals surface area contributed by atoms with E-state index in [1.165, 1.54) is 0 Å². The zero-order valence-electron chi connectivity index (χ0n) is 10.4. The van der Waals surface area contributed by atoms with Gasteiger partial charge in [-0.25, -0.2) is 4.39 Å². The highest BCUT2D eigenvalue weighted by Crippen LogP contribution is 2.16. The minimum Gasteiger partial charge on any atom is -0.315 e. The first-order valence-corrected chi connectivity index (χ1v) is 6.74. The van der Waals surface area contributed by atoms with Gasteiger partial charge in [0.05, 0.1) is 4.47 Å². The molecule has 0 atom stereocenters. The van der Waals surface area contributed by atoms with Crippen LogP contribution in [-0.2, 0) is 6.54 Å². The summed E-state index contributed by atoms with van der Waals surface area (Å²) < 4.78 is 13.7.